The van der Waals surface area contributed by atoms with Gasteiger partial charge < -0.3 is 14.2 Å². The number of fused-ring (bicyclic) bond motifs is 3. The largest absolute Gasteiger partial charge is 0.489 e. The molecule has 0 aromatic rings. The lowest BCUT2D eigenvalue weighted by Crippen LogP contribution is -2.23. The average Bonchev–Trinajstić information content (AvgIpc) is 3.12. The molecule has 4 nitrogen and oxygen atoms in total. The first-order valence-corrected chi connectivity index (χ1v) is 7.71. The smallest absolute Gasteiger partial charge is 0.333 e. The molecular weight excluding hydrogens is 268 g/mol. The normalized spacial score (nSPS) is 34.6. The summed E-state index contributed by atoms with van der Waals surface area (Å²) in [6, 6.07) is 0. The van der Waals surface area contributed by atoms with E-state index in [0.29, 0.717) is 12.2 Å². The van der Waals surface area contributed by atoms with Crippen LogP contribution in [0.25, 0.3) is 0 Å². The van der Waals surface area contributed by atoms with Gasteiger partial charge in [-0.1, -0.05) is 6.08 Å². The van der Waals surface area contributed by atoms with Crippen molar-refractivity contribution in [1.29, 1.82) is 0 Å². The summed E-state index contributed by atoms with van der Waals surface area (Å²) in [6.07, 6.45) is 9.85. The Morgan fingerprint density at radius 3 is 2.95 bits per heavy atom. The molecule has 3 rings (SSSR count). The molecule has 3 atom stereocenters. The summed E-state index contributed by atoms with van der Waals surface area (Å²) in [4.78, 5) is 12.1. The molecule has 1 fully saturated rings. The Bertz CT molecular complexity index is 515. The number of rotatable bonds is 2. The average molecular weight is 290 g/mol. The predicted molar refractivity (Wildman–Crippen MR) is 78.6 cm³/mol. The third-order valence-electron chi connectivity index (χ3n) is 4.41. The highest BCUT2D eigenvalue weighted by atomic mass is 16.5. The maximum atomic E-state index is 12.1. The Kier molecular flexibility index (Phi) is 4.15. The van der Waals surface area contributed by atoms with Gasteiger partial charge in [0.05, 0.1) is 12.2 Å². The van der Waals surface area contributed by atoms with Crippen LogP contribution in [0.2, 0.25) is 0 Å². The summed E-state index contributed by atoms with van der Waals surface area (Å²) in [5.74, 6) is 0.582. The van der Waals surface area contributed by atoms with Gasteiger partial charge in [-0.05, 0) is 51.7 Å². The molecular formula is C17H22O4. The molecule has 114 valence electrons. The maximum absolute atomic E-state index is 12.1. The van der Waals surface area contributed by atoms with Crippen LogP contribution < -0.4 is 0 Å². The van der Waals surface area contributed by atoms with E-state index in [0.717, 1.165) is 37.0 Å². The fraction of sp³-hybridized carbons (Fsp3) is 0.588. The Morgan fingerprint density at radius 1 is 1.33 bits per heavy atom. The van der Waals surface area contributed by atoms with E-state index in [-0.39, 0.29) is 24.3 Å². The molecule has 0 aromatic carbocycles. The van der Waals surface area contributed by atoms with E-state index in [4.69, 9.17) is 14.2 Å². The third-order valence-corrected chi connectivity index (χ3v) is 4.41. The van der Waals surface area contributed by atoms with Crippen molar-refractivity contribution in [2.24, 2.45) is 0 Å². The molecule has 21 heavy (non-hydrogen) atoms. The molecule has 3 heterocycles. The van der Waals surface area contributed by atoms with E-state index in [2.05, 4.69) is 0 Å². The molecule has 3 aliphatic heterocycles. The summed E-state index contributed by atoms with van der Waals surface area (Å²) in [7, 11) is 0. The molecule has 0 aliphatic carbocycles. The highest BCUT2D eigenvalue weighted by molar-refractivity contribution is 5.87. The van der Waals surface area contributed by atoms with Crippen LogP contribution in [0.4, 0.5) is 0 Å². The minimum Gasteiger partial charge on any atom is -0.489 e. The second-order valence-electron chi connectivity index (χ2n) is 5.82. The van der Waals surface area contributed by atoms with Gasteiger partial charge in [-0.15, -0.1) is 0 Å². The van der Waals surface area contributed by atoms with Gasteiger partial charge in [0.2, 0.25) is 0 Å². The van der Waals surface area contributed by atoms with Crippen LogP contribution in [0.3, 0.4) is 0 Å². The number of carbonyl (C=O) groups excluding carboxylic acids is 1. The van der Waals surface area contributed by atoms with Crippen LogP contribution in [0.1, 0.15) is 39.5 Å². The molecule has 0 amide bonds. The molecule has 1 saturated heterocycles. The number of hydrogen-bond acceptors (Lipinski definition) is 4. The van der Waals surface area contributed by atoms with E-state index >= 15 is 0 Å². The first-order chi connectivity index (χ1) is 10.2. The van der Waals surface area contributed by atoms with Crippen LogP contribution in [0, 0.1) is 0 Å². The van der Waals surface area contributed by atoms with Gasteiger partial charge in [0.15, 0.2) is 0 Å². The Morgan fingerprint density at radius 2 is 2.14 bits per heavy atom. The Balaban J connectivity index is 1.81. The monoisotopic (exact) mass is 290 g/mol. The van der Waals surface area contributed by atoms with Crippen LogP contribution in [-0.4, -0.2) is 30.9 Å². The fourth-order valence-electron chi connectivity index (χ4n) is 3.03. The van der Waals surface area contributed by atoms with Gasteiger partial charge in [-0.3, -0.25) is 0 Å². The van der Waals surface area contributed by atoms with Crippen LogP contribution >= 0.6 is 0 Å². The second kappa shape index (κ2) is 6.06. The standard InChI is InChI=1S/C17H22O4/c1-3-11(2)17(18)21-15-7-6-12-4-5-13(20-12)10-16-14(15)8-9-19-16/h3,8,10,12-13,15H,4-7,9H2,1-2H3/b11-3+,16-10+. The zero-order chi connectivity index (χ0) is 14.8. The van der Waals surface area contributed by atoms with Crippen molar-refractivity contribution >= 4 is 5.97 Å². The zero-order valence-corrected chi connectivity index (χ0v) is 12.6. The van der Waals surface area contributed by atoms with Crippen molar-refractivity contribution < 1.29 is 19.0 Å². The lowest BCUT2D eigenvalue weighted by molar-refractivity contribution is -0.143. The summed E-state index contributed by atoms with van der Waals surface area (Å²) in [5, 5.41) is 0. The fourth-order valence-corrected chi connectivity index (χ4v) is 3.03. The summed E-state index contributed by atoms with van der Waals surface area (Å²) in [5.41, 5.74) is 1.64. The molecule has 4 heteroatoms. The third kappa shape index (κ3) is 3.05. The van der Waals surface area contributed by atoms with E-state index in [1.165, 1.54) is 0 Å². The lowest BCUT2D eigenvalue weighted by atomic mass is 9.98. The predicted octanol–water partition coefficient (Wildman–Crippen LogP) is 3.05. The quantitative estimate of drug-likeness (QED) is 0.579. The van der Waals surface area contributed by atoms with Crippen molar-refractivity contribution in [1.82, 2.24) is 0 Å². The van der Waals surface area contributed by atoms with Gasteiger partial charge in [0.25, 0.3) is 0 Å². The summed E-state index contributed by atoms with van der Waals surface area (Å²) >= 11 is 0. The van der Waals surface area contributed by atoms with Crippen LogP contribution in [-0.2, 0) is 19.0 Å². The Labute approximate surface area is 125 Å². The van der Waals surface area contributed by atoms with Crippen molar-refractivity contribution in [3.8, 4) is 0 Å². The molecule has 0 N–H and O–H groups in total. The van der Waals surface area contributed by atoms with E-state index in [1.54, 1.807) is 13.0 Å². The number of ether oxygens (including phenoxy) is 3. The molecule has 2 bridgehead atoms. The summed E-state index contributed by atoms with van der Waals surface area (Å²) < 4.78 is 17.4. The lowest BCUT2D eigenvalue weighted by Gasteiger charge is -2.20. The molecule has 3 aliphatic rings. The number of esters is 1. The van der Waals surface area contributed by atoms with E-state index < -0.39 is 0 Å². The van der Waals surface area contributed by atoms with Gasteiger partial charge in [-0.25, -0.2) is 4.79 Å². The minimum atomic E-state index is -0.250. The van der Waals surface area contributed by atoms with Crippen molar-refractivity contribution in [2.45, 2.75) is 57.8 Å². The molecule has 0 radical (unpaired) electrons. The van der Waals surface area contributed by atoms with Crippen molar-refractivity contribution in [2.75, 3.05) is 6.61 Å². The maximum Gasteiger partial charge on any atom is 0.333 e. The SMILES string of the molecule is C/C=C(\C)C(=O)OC1CCC2CCC(/C=C3/OCC=C31)O2. The van der Waals surface area contributed by atoms with Gasteiger partial charge in [0, 0.05) is 11.1 Å². The van der Waals surface area contributed by atoms with Gasteiger partial charge in [-0.2, -0.15) is 0 Å². The van der Waals surface area contributed by atoms with Crippen LogP contribution in [0.15, 0.2) is 35.1 Å². The topological polar surface area (TPSA) is 44.8 Å². The Hall–Kier alpha value is -1.55. The van der Waals surface area contributed by atoms with Crippen molar-refractivity contribution in [3.05, 3.63) is 35.1 Å². The summed E-state index contributed by atoms with van der Waals surface area (Å²) in [6.45, 7) is 4.17. The highest BCUT2D eigenvalue weighted by Crippen LogP contribution is 2.34. The minimum absolute atomic E-state index is 0.137. The van der Waals surface area contributed by atoms with E-state index in [1.807, 2.05) is 19.1 Å². The molecule has 3 unspecified atom stereocenters. The second-order valence-corrected chi connectivity index (χ2v) is 5.82. The van der Waals surface area contributed by atoms with Gasteiger partial charge in [0.1, 0.15) is 18.5 Å². The number of allylic oxidation sites excluding steroid dienone is 1. The number of hydrogen-bond donors (Lipinski definition) is 0. The van der Waals surface area contributed by atoms with E-state index in [9.17, 15) is 4.79 Å². The zero-order valence-electron chi connectivity index (χ0n) is 12.6. The first-order valence-electron chi connectivity index (χ1n) is 7.71. The molecule has 0 saturated carbocycles. The number of carbonyl (C=O) groups is 1. The molecule has 0 spiro atoms. The first kappa shape index (κ1) is 14.4. The van der Waals surface area contributed by atoms with Crippen LogP contribution in [0.5, 0.6) is 0 Å². The molecule has 0 aromatic heterocycles. The highest BCUT2D eigenvalue weighted by Gasteiger charge is 2.33. The van der Waals surface area contributed by atoms with Gasteiger partial charge >= 0.3 is 5.97 Å². The van der Waals surface area contributed by atoms with Crippen molar-refractivity contribution in [3.63, 3.8) is 0 Å².